The molecule has 136 valence electrons. The maximum absolute atomic E-state index is 12.7. The number of carbonyl (C=O) groups excluding carboxylic acids is 1. The molecule has 0 aliphatic heterocycles. The Hall–Kier alpha value is -2.59. The van der Waals surface area contributed by atoms with Gasteiger partial charge in [-0.3, -0.25) is 0 Å². The van der Waals surface area contributed by atoms with Crippen LogP contribution in [-0.2, 0) is 14.3 Å². The highest BCUT2D eigenvalue weighted by Gasteiger charge is 2.32. The summed E-state index contributed by atoms with van der Waals surface area (Å²) in [6, 6.07) is 20.1. The van der Waals surface area contributed by atoms with E-state index in [1.807, 2.05) is 81.4 Å². The number of hydrogen-bond acceptors (Lipinski definition) is 3. The molecule has 0 bridgehead atoms. The molecule has 1 atom stereocenters. The lowest BCUT2D eigenvalue weighted by molar-refractivity contribution is -0.167. The summed E-state index contributed by atoms with van der Waals surface area (Å²) in [6.07, 6.45) is -0.803. The number of rotatable bonds is 5. The number of aromatic nitrogens is 1. The Morgan fingerprint density at radius 1 is 1.04 bits per heavy atom. The van der Waals surface area contributed by atoms with E-state index in [0.29, 0.717) is 6.61 Å². The first kappa shape index (κ1) is 18.2. The molecule has 2 aromatic carbocycles. The minimum Gasteiger partial charge on any atom is -0.464 e. The third-order valence-electron chi connectivity index (χ3n) is 3.99. The van der Waals surface area contributed by atoms with Gasteiger partial charge in [0.2, 0.25) is 0 Å². The Bertz CT molecular complexity index is 891. The van der Waals surface area contributed by atoms with Crippen LogP contribution >= 0.6 is 0 Å². The quantitative estimate of drug-likeness (QED) is 0.604. The van der Waals surface area contributed by atoms with E-state index in [4.69, 9.17) is 9.47 Å². The first-order chi connectivity index (χ1) is 12.4. The molecule has 3 rings (SSSR count). The van der Waals surface area contributed by atoms with Gasteiger partial charge in [-0.25, -0.2) is 4.79 Å². The first-order valence-electron chi connectivity index (χ1n) is 8.91. The minimum atomic E-state index is -0.803. The fourth-order valence-electron chi connectivity index (χ4n) is 3.04. The molecule has 0 spiro atoms. The summed E-state index contributed by atoms with van der Waals surface area (Å²) in [6.45, 7) is 7.94. The predicted octanol–water partition coefficient (Wildman–Crippen LogP) is 5.05. The Balaban J connectivity index is 2.22. The fourth-order valence-corrected chi connectivity index (χ4v) is 3.04. The number of hydrogen-bond donors (Lipinski definition) is 0. The molecule has 0 saturated heterocycles. The van der Waals surface area contributed by atoms with Crippen LogP contribution in [-0.4, -0.2) is 22.7 Å². The van der Waals surface area contributed by atoms with Gasteiger partial charge in [0.15, 0.2) is 6.10 Å². The van der Waals surface area contributed by atoms with Gasteiger partial charge in [0.25, 0.3) is 0 Å². The second kappa shape index (κ2) is 7.34. The number of fused-ring (bicyclic) bond motifs is 1. The Kier molecular flexibility index (Phi) is 5.14. The molecule has 0 fully saturated rings. The lowest BCUT2D eigenvalue weighted by Gasteiger charge is -2.27. The zero-order valence-electron chi connectivity index (χ0n) is 15.7. The molecular weight excluding hydrogens is 326 g/mol. The van der Waals surface area contributed by atoms with Crippen molar-refractivity contribution >= 4 is 16.9 Å². The molecule has 4 heteroatoms. The Morgan fingerprint density at radius 3 is 2.35 bits per heavy atom. The summed E-state index contributed by atoms with van der Waals surface area (Å²) in [5, 5.41) is 1.05. The lowest BCUT2D eigenvalue weighted by atomic mass is 10.1. The van der Waals surface area contributed by atoms with Crippen LogP contribution in [0.3, 0.4) is 0 Å². The minimum absolute atomic E-state index is 0.314. The van der Waals surface area contributed by atoms with Crippen LogP contribution < -0.4 is 0 Å². The standard InChI is InChI=1S/C22H25NO3/c1-5-25-21(24)20(26-22(2,3)4)19-15-16-11-9-10-14-18(16)23(19)17-12-7-6-8-13-17/h6-15,20H,5H2,1-4H3. The fraction of sp³-hybridized carbons (Fsp3) is 0.318. The molecule has 0 aliphatic rings. The van der Waals surface area contributed by atoms with Crippen LogP contribution in [0.1, 0.15) is 39.5 Å². The number of ether oxygens (including phenoxy) is 2. The molecule has 4 nitrogen and oxygen atoms in total. The van der Waals surface area contributed by atoms with Crippen LogP contribution in [0.2, 0.25) is 0 Å². The number of nitrogens with zero attached hydrogens (tertiary/aromatic N) is 1. The zero-order valence-corrected chi connectivity index (χ0v) is 15.7. The summed E-state index contributed by atoms with van der Waals surface area (Å²) < 4.78 is 13.5. The van der Waals surface area contributed by atoms with Crippen molar-refractivity contribution in [1.82, 2.24) is 4.57 Å². The molecule has 1 unspecified atom stereocenters. The van der Waals surface area contributed by atoms with Crippen LogP contribution in [0.15, 0.2) is 60.7 Å². The van der Waals surface area contributed by atoms with Gasteiger partial charge < -0.3 is 14.0 Å². The van der Waals surface area contributed by atoms with Crippen molar-refractivity contribution in [2.75, 3.05) is 6.61 Å². The number of esters is 1. The molecule has 3 aromatic rings. The van der Waals surface area contributed by atoms with Crippen molar-refractivity contribution in [3.05, 3.63) is 66.4 Å². The first-order valence-corrected chi connectivity index (χ1v) is 8.91. The van der Waals surface area contributed by atoms with Gasteiger partial charge in [-0.05, 0) is 52.0 Å². The van der Waals surface area contributed by atoms with E-state index in [0.717, 1.165) is 22.3 Å². The summed E-state index contributed by atoms with van der Waals surface area (Å²) in [5.41, 5.74) is 2.29. The predicted molar refractivity (Wildman–Crippen MR) is 103 cm³/mol. The summed E-state index contributed by atoms with van der Waals surface area (Å²) in [5.74, 6) is -0.373. The van der Waals surface area contributed by atoms with E-state index in [1.165, 1.54) is 0 Å². The van der Waals surface area contributed by atoms with Crippen LogP contribution in [0.25, 0.3) is 16.6 Å². The van der Waals surface area contributed by atoms with Gasteiger partial charge in [0.1, 0.15) is 0 Å². The van der Waals surface area contributed by atoms with E-state index in [9.17, 15) is 4.79 Å². The van der Waals surface area contributed by atoms with E-state index >= 15 is 0 Å². The van der Waals surface area contributed by atoms with E-state index in [-0.39, 0.29) is 5.97 Å². The largest absolute Gasteiger partial charge is 0.464 e. The molecule has 1 aromatic heterocycles. The molecular formula is C22H25NO3. The number of benzene rings is 2. The molecule has 1 heterocycles. The monoisotopic (exact) mass is 351 g/mol. The Labute approximate surface area is 154 Å². The van der Waals surface area contributed by atoms with Gasteiger partial charge in [-0.15, -0.1) is 0 Å². The van der Waals surface area contributed by atoms with E-state index in [1.54, 1.807) is 6.92 Å². The highest BCUT2D eigenvalue weighted by atomic mass is 16.6. The third-order valence-corrected chi connectivity index (χ3v) is 3.99. The van der Waals surface area contributed by atoms with Crippen LogP contribution in [0.4, 0.5) is 0 Å². The third kappa shape index (κ3) is 3.81. The van der Waals surface area contributed by atoms with Gasteiger partial charge in [0.05, 0.1) is 23.4 Å². The topological polar surface area (TPSA) is 40.5 Å². The zero-order chi connectivity index (χ0) is 18.7. The average Bonchev–Trinajstić information content (AvgIpc) is 2.99. The lowest BCUT2D eigenvalue weighted by Crippen LogP contribution is -2.30. The smallest absolute Gasteiger partial charge is 0.341 e. The summed E-state index contributed by atoms with van der Waals surface area (Å²) in [7, 11) is 0. The maximum atomic E-state index is 12.7. The summed E-state index contributed by atoms with van der Waals surface area (Å²) >= 11 is 0. The second-order valence-corrected chi connectivity index (χ2v) is 7.16. The van der Waals surface area contributed by atoms with Gasteiger partial charge in [-0.1, -0.05) is 36.4 Å². The molecule has 26 heavy (non-hydrogen) atoms. The molecule has 0 aliphatic carbocycles. The summed E-state index contributed by atoms with van der Waals surface area (Å²) in [4.78, 5) is 12.7. The highest BCUT2D eigenvalue weighted by Crippen LogP contribution is 2.33. The van der Waals surface area contributed by atoms with Crippen molar-refractivity contribution < 1.29 is 14.3 Å². The molecule has 0 saturated carbocycles. The van der Waals surface area contributed by atoms with Crippen LogP contribution in [0, 0.1) is 0 Å². The van der Waals surface area contributed by atoms with Crippen molar-refractivity contribution in [2.24, 2.45) is 0 Å². The van der Waals surface area contributed by atoms with Crippen LogP contribution in [0.5, 0.6) is 0 Å². The van der Waals surface area contributed by atoms with Gasteiger partial charge in [-0.2, -0.15) is 0 Å². The SMILES string of the molecule is CCOC(=O)C(OC(C)(C)C)c1cc2ccccc2n1-c1ccccc1. The molecule has 0 N–H and O–H groups in total. The van der Waals surface area contributed by atoms with Crippen molar-refractivity contribution in [2.45, 2.75) is 39.4 Å². The van der Waals surface area contributed by atoms with Gasteiger partial charge in [0, 0.05) is 11.1 Å². The number of carbonyl (C=O) groups is 1. The van der Waals surface area contributed by atoms with Crippen molar-refractivity contribution in [3.63, 3.8) is 0 Å². The number of para-hydroxylation sites is 2. The van der Waals surface area contributed by atoms with E-state index in [2.05, 4.69) is 4.57 Å². The highest BCUT2D eigenvalue weighted by molar-refractivity contribution is 5.86. The Morgan fingerprint density at radius 2 is 1.69 bits per heavy atom. The van der Waals surface area contributed by atoms with Crippen molar-refractivity contribution in [1.29, 1.82) is 0 Å². The molecule has 0 radical (unpaired) electrons. The maximum Gasteiger partial charge on any atom is 0.341 e. The van der Waals surface area contributed by atoms with Crippen molar-refractivity contribution in [3.8, 4) is 5.69 Å². The normalized spacial score (nSPS) is 12.9. The second-order valence-electron chi connectivity index (χ2n) is 7.16. The van der Waals surface area contributed by atoms with E-state index < -0.39 is 11.7 Å². The van der Waals surface area contributed by atoms with Gasteiger partial charge >= 0.3 is 5.97 Å². The average molecular weight is 351 g/mol. The molecule has 0 amide bonds.